The number of hydrogen-bond acceptors (Lipinski definition) is 5. The SMILES string of the molecule is COc1cc(/C=C(/C#N)C(=O)NC(C)C)c(Br)cc1OCc1ccc(C(=O)O)cc1. The highest BCUT2D eigenvalue weighted by Crippen LogP contribution is 2.35. The summed E-state index contributed by atoms with van der Waals surface area (Å²) in [6.07, 6.45) is 1.47. The van der Waals surface area contributed by atoms with Gasteiger partial charge in [-0.3, -0.25) is 4.79 Å². The Kier molecular flexibility index (Phi) is 8.01. The number of ether oxygens (including phenoxy) is 2. The van der Waals surface area contributed by atoms with Gasteiger partial charge in [-0.1, -0.05) is 28.1 Å². The molecule has 0 saturated heterocycles. The Labute approximate surface area is 183 Å². The van der Waals surface area contributed by atoms with E-state index in [2.05, 4.69) is 21.2 Å². The second-order valence-electron chi connectivity index (χ2n) is 6.61. The van der Waals surface area contributed by atoms with E-state index in [-0.39, 0.29) is 23.8 Å². The van der Waals surface area contributed by atoms with Crippen molar-refractivity contribution in [2.45, 2.75) is 26.5 Å². The maximum atomic E-state index is 12.1. The summed E-state index contributed by atoms with van der Waals surface area (Å²) in [5.74, 6) is -0.568. The van der Waals surface area contributed by atoms with Gasteiger partial charge in [-0.15, -0.1) is 0 Å². The third-order valence-electron chi connectivity index (χ3n) is 3.96. The number of aromatic carboxylic acids is 1. The maximum Gasteiger partial charge on any atom is 0.335 e. The Balaban J connectivity index is 2.24. The fourth-order valence-electron chi connectivity index (χ4n) is 2.48. The first-order valence-electron chi connectivity index (χ1n) is 9.00. The Hall–Kier alpha value is -3.31. The van der Waals surface area contributed by atoms with Crippen molar-refractivity contribution in [3.8, 4) is 17.6 Å². The molecule has 2 aromatic rings. The summed E-state index contributed by atoms with van der Waals surface area (Å²) in [5.41, 5.74) is 1.54. The van der Waals surface area contributed by atoms with Crippen LogP contribution >= 0.6 is 15.9 Å². The molecule has 0 radical (unpaired) electrons. The van der Waals surface area contributed by atoms with Gasteiger partial charge >= 0.3 is 5.97 Å². The Morgan fingerprint density at radius 3 is 2.43 bits per heavy atom. The predicted molar refractivity (Wildman–Crippen MR) is 115 cm³/mol. The van der Waals surface area contributed by atoms with Gasteiger partial charge in [-0.05, 0) is 55.3 Å². The van der Waals surface area contributed by atoms with E-state index >= 15 is 0 Å². The number of amides is 1. The third-order valence-corrected chi connectivity index (χ3v) is 4.65. The zero-order chi connectivity index (χ0) is 22.3. The number of nitriles is 1. The molecule has 7 nitrogen and oxygen atoms in total. The highest BCUT2D eigenvalue weighted by atomic mass is 79.9. The molecule has 0 unspecified atom stereocenters. The molecule has 0 aliphatic rings. The van der Waals surface area contributed by atoms with Crippen molar-refractivity contribution in [2.75, 3.05) is 7.11 Å². The lowest BCUT2D eigenvalue weighted by molar-refractivity contribution is -0.117. The van der Waals surface area contributed by atoms with Crippen molar-refractivity contribution in [2.24, 2.45) is 0 Å². The van der Waals surface area contributed by atoms with Crippen LogP contribution in [-0.2, 0) is 11.4 Å². The minimum Gasteiger partial charge on any atom is -0.493 e. The summed E-state index contributed by atoms with van der Waals surface area (Å²) >= 11 is 3.43. The van der Waals surface area contributed by atoms with Gasteiger partial charge in [0.15, 0.2) is 11.5 Å². The molecule has 0 heterocycles. The van der Waals surface area contributed by atoms with E-state index in [9.17, 15) is 14.9 Å². The van der Waals surface area contributed by atoms with E-state index in [0.717, 1.165) is 5.56 Å². The maximum absolute atomic E-state index is 12.1. The molecule has 30 heavy (non-hydrogen) atoms. The van der Waals surface area contributed by atoms with Crippen molar-refractivity contribution in [1.82, 2.24) is 5.32 Å². The molecule has 0 atom stereocenters. The van der Waals surface area contributed by atoms with Gasteiger partial charge in [0.1, 0.15) is 18.2 Å². The minimum atomic E-state index is -0.990. The van der Waals surface area contributed by atoms with Crippen LogP contribution in [0.1, 0.15) is 35.3 Å². The molecule has 0 bridgehead atoms. The summed E-state index contributed by atoms with van der Waals surface area (Å²) in [6.45, 7) is 3.83. The van der Waals surface area contributed by atoms with E-state index < -0.39 is 11.9 Å². The smallest absolute Gasteiger partial charge is 0.335 e. The molecule has 156 valence electrons. The van der Waals surface area contributed by atoms with Gasteiger partial charge in [0.2, 0.25) is 0 Å². The number of halogens is 1. The second-order valence-corrected chi connectivity index (χ2v) is 7.47. The average Bonchev–Trinajstić information content (AvgIpc) is 2.71. The van der Waals surface area contributed by atoms with Crippen molar-refractivity contribution < 1.29 is 24.2 Å². The predicted octanol–water partition coefficient (Wildman–Crippen LogP) is 4.17. The standard InChI is InChI=1S/C22H21BrN2O5/c1-13(2)25-21(26)17(11-24)8-16-9-19(29-3)20(10-18(16)23)30-12-14-4-6-15(7-5-14)22(27)28/h4-10,13H,12H2,1-3H3,(H,25,26)(H,27,28)/b17-8-. The number of benzene rings is 2. The van der Waals surface area contributed by atoms with Gasteiger partial charge < -0.3 is 19.9 Å². The van der Waals surface area contributed by atoms with Crippen LogP contribution in [0.15, 0.2) is 46.4 Å². The topological polar surface area (TPSA) is 109 Å². The molecule has 0 fully saturated rings. The Bertz CT molecular complexity index is 1010. The molecule has 0 saturated carbocycles. The second kappa shape index (κ2) is 10.5. The quantitative estimate of drug-likeness (QED) is 0.440. The highest BCUT2D eigenvalue weighted by molar-refractivity contribution is 9.10. The van der Waals surface area contributed by atoms with Gasteiger partial charge in [-0.2, -0.15) is 5.26 Å². The number of carboxylic acids is 1. The van der Waals surface area contributed by atoms with Crippen LogP contribution in [-0.4, -0.2) is 30.1 Å². The summed E-state index contributed by atoms with van der Waals surface area (Å²) < 4.78 is 11.8. The van der Waals surface area contributed by atoms with E-state index in [1.54, 1.807) is 24.3 Å². The van der Waals surface area contributed by atoms with E-state index in [1.165, 1.54) is 25.3 Å². The van der Waals surface area contributed by atoms with Crippen LogP contribution in [0.3, 0.4) is 0 Å². The molecule has 2 aromatic carbocycles. The Morgan fingerprint density at radius 1 is 1.23 bits per heavy atom. The zero-order valence-electron chi connectivity index (χ0n) is 16.7. The molecule has 0 aliphatic heterocycles. The van der Waals surface area contributed by atoms with E-state index in [0.29, 0.717) is 21.5 Å². The van der Waals surface area contributed by atoms with Crippen LogP contribution in [0.25, 0.3) is 6.08 Å². The minimum absolute atomic E-state index is 0.0290. The number of carbonyl (C=O) groups excluding carboxylic acids is 1. The fraction of sp³-hybridized carbons (Fsp3) is 0.227. The molecular formula is C22H21BrN2O5. The van der Waals surface area contributed by atoms with Crippen LogP contribution < -0.4 is 14.8 Å². The summed E-state index contributed by atoms with van der Waals surface area (Å²) in [6, 6.07) is 11.5. The summed E-state index contributed by atoms with van der Waals surface area (Å²) in [4.78, 5) is 23.1. The first-order valence-corrected chi connectivity index (χ1v) is 9.79. The molecular weight excluding hydrogens is 452 g/mol. The summed E-state index contributed by atoms with van der Waals surface area (Å²) in [5, 5.41) is 21.0. The van der Waals surface area contributed by atoms with Crippen molar-refractivity contribution in [1.29, 1.82) is 5.26 Å². The van der Waals surface area contributed by atoms with Crippen molar-refractivity contribution in [3.05, 3.63) is 63.1 Å². The number of rotatable bonds is 8. The van der Waals surface area contributed by atoms with Crippen molar-refractivity contribution >= 4 is 33.9 Å². The monoisotopic (exact) mass is 472 g/mol. The molecule has 0 aliphatic carbocycles. The van der Waals surface area contributed by atoms with Crippen molar-refractivity contribution in [3.63, 3.8) is 0 Å². The van der Waals surface area contributed by atoms with Gasteiger partial charge in [0.05, 0.1) is 12.7 Å². The lowest BCUT2D eigenvalue weighted by Crippen LogP contribution is -2.30. The van der Waals surface area contributed by atoms with E-state index in [1.807, 2.05) is 19.9 Å². The summed E-state index contributed by atoms with van der Waals surface area (Å²) in [7, 11) is 1.49. The fourth-order valence-corrected chi connectivity index (χ4v) is 2.92. The van der Waals surface area contributed by atoms with E-state index in [4.69, 9.17) is 14.6 Å². The van der Waals surface area contributed by atoms with Gasteiger partial charge in [0, 0.05) is 10.5 Å². The Morgan fingerprint density at radius 2 is 1.90 bits per heavy atom. The number of carbonyl (C=O) groups is 2. The number of hydrogen-bond donors (Lipinski definition) is 2. The first kappa shape index (κ1) is 23.0. The molecule has 0 aromatic heterocycles. The van der Waals surface area contributed by atoms with Crippen LogP contribution in [0.5, 0.6) is 11.5 Å². The molecule has 2 rings (SSSR count). The molecule has 8 heteroatoms. The van der Waals surface area contributed by atoms with Crippen LogP contribution in [0, 0.1) is 11.3 Å². The van der Waals surface area contributed by atoms with Gasteiger partial charge in [0.25, 0.3) is 5.91 Å². The van der Waals surface area contributed by atoms with Gasteiger partial charge in [-0.25, -0.2) is 4.79 Å². The molecule has 1 amide bonds. The van der Waals surface area contributed by atoms with Crippen LogP contribution in [0.4, 0.5) is 0 Å². The average molecular weight is 473 g/mol. The first-order chi connectivity index (χ1) is 14.2. The lowest BCUT2D eigenvalue weighted by Gasteiger charge is -2.13. The highest BCUT2D eigenvalue weighted by Gasteiger charge is 2.14. The number of nitrogens with zero attached hydrogens (tertiary/aromatic N) is 1. The third kappa shape index (κ3) is 6.09. The van der Waals surface area contributed by atoms with Crippen LogP contribution in [0.2, 0.25) is 0 Å². The zero-order valence-corrected chi connectivity index (χ0v) is 18.3. The lowest BCUT2D eigenvalue weighted by atomic mass is 10.1. The number of methoxy groups -OCH3 is 1. The molecule has 0 spiro atoms. The number of nitrogens with one attached hydrogen (secondary N) is 1. The normalized spacial score (nSPS) is 11.0. The molecule has 2 N–H and O–H groups in total. The largest absolute Gasteiger partial charge is 0.493 e. The number of carboxylic acid groups (broad SMARTS) is 1.